The van der Waals surface area contributed by atoms with E-state index in [1.165, 1.54) is 6.42 Å². The van der Waals surface area contributed by atoms with Gasteiger partial charge in [0.1, 0.15) is 0 Å². The largest absolute Gasteiger partial charge is 0.419 e. The van der Waals surface area contributed by atoms with Crippen LogP contribution in [0.1, 0.15) is 25.7 Å². The van der Waals surface area contributed by atoms with E-state index < -0.39 is 0 Å². The summed E-state index contributed by atoms with van der Waals surface area (Å²) in [6.07, 6.45) is 12.2. The number of carbonyl (C=O) groups excluding carboxylic acids is 1. The van der Waals surface area contributed by atoms with Crippen molar-refractivity contribution in [3.63, 3.8) is 0 Å². The summed E-state index contributed by atoms with van der Waals surface area (Å²) in [7, 11) is 0. The van der Waals surface area contributed by atoms with Crippen molar-refractivity contribution >= 4 is 6.29 Å². The van der Waals surface area contributed by atoms with Gasteiger partial charge in [-0.3, -0.25) is 9.41 Å². The van der Waals surface area contributed by atoms with Gasteiger partial charge in [0.15, 0.2) is 0 Å². The van der Waals surface area contributed by atoms with Crippen molar-refractivity contribution in [1.82, 2.24) is 0 Å². The van der Waals surface area contributed by atoms with Crippen molar-refractivity contribution in [3.8, 4) is 0 Å². The molecule has 4 heteroatoms. The minimum absolute atomic E-state index is 0. The standard InChI is InChI=1S/C9H11O.Co.2FH/c10-8-9-6-4-2-1-3-5-7-9;;;/h2,4,6H,1,3,5,7H2;;2*1H/q-1;;;. The van der Waals surface area contributed by atoms with Gasteiger partial charge >= 0.3 is 0 Å². The number of halogens is 2. The first-order valence-electron chi connectivity index (χ1n) is 3.67. The summed E-state index contributed by atoms with van der Waals surface area (Å²) in [5.41, 5.74) is 0.802. The molecule has 79 valence electrons. The predicted octanol–water partition coefficient (Wildman–Crippen LogP) is 2.46. The van der Waals surface area contributed by atoms with Crippen LogP contribution in [0.25, 0.3) is 0 Å². The van der Waals surface area contributed by atoms with E-state index >= 15 is 0 Å². The summed E-state index contributed by atoms with van der Waals surface area (Å²) >= 11 is 0. The smallest absolute Gasteiger partial charge is 0 e. The van der Waals surface area contributed by atoms with E-state index in [-0.39, 0.29) is 26.2 Å². The Hall–Kier alpha value is -0.484. The molecule has 13 heavy (non-hydrogen) atoms. The number of rotatable bonds is 1. The van der Waals surface area contributed by atoms with Gasteiger partial charge in [-0.2, -0.15) is 5.57 Å². The van der Waals surface area contributed by atoms with Crippen molar-refractivity contribution in [2.24, 2.45) is 0 Å². The molecule has 1 aliphatic carbocycles. The van der Waals surface area contributed by atoms with Crippen molar-refractivity contribution in [2.75, 3.05) is 0 Å². The molecule has 0 unspecified atom stereocenters. The molecule has 0 aromatic heterocycles. The van der Waals surface area contributed by atoms with Gasteiger partial charge in [-0.1, -0.05) is 12.8 Å². The van der Waals surface area contributed by atoms with Crippen molar-refractivity contribution in [1.29, 1.82) is 0 Å². The van der Waals surface area contributed by atoms with Crippen LogP contribution < -0.4 is 0 Å². The fourth-order valence-electron chi connectivity index (χ4n) is 1.03. The maximum absolute atomic E-state index is 10.2. The maximum atomic E-state index is 10.2. The second-order valence-electron chi connectivity index (χ2n) is 2.47. The maximum Gasteiger partial charge on any atom is 0 e. The van der Waals surface area contributed by atoms with E-state index in [4.69, 9.17) is 0 Å². The third kappa shape index (κ3) is 7.86. The Bertz CT molecular complexity index is 178. The number of allylic oxidation sites excluding steroid dienone is 4. The predicted molar refractivity (Wildman–Crippen MR) is 46.4 cm³/mol. The molecule has 0 atom stereocenters. The summed E-state index contributed by atoms with van der Waals surface area (Å²) in [4.78, 5) is 10.2. The zero-order valence-electron chi connectivity index (χ0n) is 7.12. The summed E-state index contributed by atoms with van der Waals surface area (Å²) in [6, 6.07) is 0. The molecule has 0 aliphatic heterocycles. The summed E-state index contributed by atoms with van der Waals surface area (Å²) < 4.78 is 0. The molecule has 1 rings (SSSR count). The van der Waals surface area contributed by atoms with Gasteiger partial charge in [0.25, 0.3) is 0 Å². The second-order valence-corrected chi connectivity index (χ2v) is 2.47. The minimum atomic E-state index is 0. The van der Waals surface area contributed by atoms with Crippen LogP contribution in [-0.2, 0) is 21.6 Å². The Kier molecular flexibility index (Phi) is 16.2. The van der Waals surface area contributed by atoms with Gasteiger partial charge in [-0.05, 0) is 19.1 Å². The molecule has 1 nitrogen and oxygen atoms in total. The van der Waals surface area contributed by atoms with Gasteiger partial charge in [0, 0.05) is 16.8 Å². The molecule has 0 spiro atoms. The summed E-state index contributed by atoms with van der Waals surface area (Å²) in [5, 5.41) is 0. The first-order valence-corrected chi connectivity index (χ1v) is 3.67. The topological polar surface area (TPSA) is 17.1 Å². The van der Waals surface area contributed by atoms with E-state index in [1.54, 1.807) is 0 Å². The van der Waals surface area contributed by atoms with Crippen LogP contribution in [0.2, 0.25) is 0 Å². The molecule has 0 N–H and O–H groups in total. The molecule has 0 fully saturated rings. The molecular weight excluding hydrogens is 221 g/mol. The Morgan fingerprint density at radius 2 is 1.92 bits per heavy atom. The minimum Gasteiger partial charge on any atom is -0.419 e. The Morgan fingerprint density at radius 3 is 2.54 bits per heavy atom. The van der Waals surface area contributed by atoms with Crippen LogP contribution in [0.15, 0.2) is 23.8 Å². The molecule has 0 bridgehead atoms. The fraction of sp³-hybridized carbons (Fsp3) is 0.444. The molecule has 0 amide bonds. The molecule has 1 radical (unpaired) electrons. The number of hydrogen-bond donors (Lipinski definition) is 0. The van der Waals surface area contributed by atoms with Crippen LogP contribution in [-0.4, -0.2) is 6.29 Å². The third-order valence-electron chi connectivity index (χ3n) is 1.63. The molecule has 0 heterocycles. The van der Waals surface area contributed by atoms with Gasteiger partial charge in [0.05, 0.1) is 0 Å². The van der Waals surface area contributed by atoms with Gasteiger partial charge in [-0.15, -0.1) is 12.2 Å². The molecular formula is C9H13CoF2O-. The summed E-state index contributed by atoms with van der Waals surface area (Å²) in [5.74, 6) is 0. The zero-order valence-corrected chi connectivity index (χ0v) is 8.16. The third-order valence-corrected chi connectivity index (χ3v) is 1.63. The van der Waals surface area contributed by atoms with Crippen molar-refractivity contribution < 1.29 is 31.0 Å². The zero-order chi connectivity index (χ0) is 7.23. The van der Waals surface area contributed by atoms with Crippen molar-refractivity contribution in [2.45, 2.75) is 25.7 Å². The average Bonchev–Trinajstić information content (AvgIpc) is 1.87. The van der Waals surface area contributed by atoms with Crippen LogP contribution >= 0.6 is 0 Å². The van der Waals surface area contributed by atoms with E-state index in [1.807, 2.05) is 18.4 Å². The van der Waals surface area contributed by atoms with Gasteiger partial charge in [-0.25, -0.2) is 6.08 Å². The van der Waals surface area contributed by atoms with E-state index in [0.29, 0.717) is 0 Å². The first-order chi connectivity index (χ1) is 4.93. The van der Waals surface area contributed by atoms with E-state index in [2.05, 4.69) is 6.08 Å². The monoisotopic (exact) mass is 234 g/mol. The Morgan fingerprint density at radius 1 is 1.23 bits per heavy atom. The quantitative estimate of drug-likeness (QED) is 0.637. The number of hydrogen-bond acceptors (Lipinski definition) is 1. The van der Waals surface area contributed by atoms with E-state index in [0.717, 1.165) is 24.8 Å². The Labute approximate surface area is 87.2 Å². The first kappa shape index (κ1) is 18.3. The van der Waals surface area contributed by atoms with Gasteiger partial charge < -0.3 is 4.79 Å². The van der Waals surface area contributed by atoms with Gasteiger partial charge in [0.2, 0.25) is 0 Å². The fourth-order valence-corrected chi connectivity index (χ4v) is 1.03. The SMILES string of the molecule is F.F.O=[C-]C1=CC=CCCCC1.[Co]. The normalized spacial score (nSPS) is 14.6. The van der Waals surface area contributed by atoms with Crippen LogP contribution in [0.5, 0.6) is 0 Å². The molecule has 0 aromatic carbocycles. The van der Waals surface area contributed by atoms with Crippen molar-refractivity contribution in [3.05, 3.63) is 23.8 Å². The summed E-state index contributed by atoms with van der Waals surface area (Å²) in [6.45, 7) is 0. The average molecular weight is 234 g/mol. The van der Waals surface area contributed by atoms with Crippen LogP contribution in [0.3, 0.4) is 0 Å². The molecule has 0 saturated carbocycles. The molecule has 1 aliphatic rings. The van der Waals surface area contributed by atoms with E-state index in [9.17, 15) is 4.79 Å². The second kappa shape index (κ2) is 11.5. The molecule has 0 aromatic rings. The van der Waals surface area contributed by atoms with Crippen LogP contribution in [0.4, 0.5) is 9.41 Å². The molecule has 0 saturated heterocycles. The van der Waals surface area contributed by atoms with Crippen LogP contribution in [0, 0.1) is 0 Å². The Balaban J connectivity index is -0.000000333.